The summed E-state index contributed by atoms with van der Waals surface area (Å²) in [6, 6.07) is 0. The third kappa shape index (κ3) is 1.53. The van der Waals surface area contributed by atoms with Crippen molar-refractivity contribution < 1.29 is 9.18 Å². The number of halogens is 1. The smallest absolute Gasteiger partial charge is 0.228 e. The van der Waals surface area contributed by atoms with E-state index in [0.717, 1.165) is 19.4 Å². The molecule has 1 saturated heterocycles. The van der Waals surface area contributed by atoms with E-state index < -0.39 is 0 Å². The number of alkyl halides is 1. The first-order chi connectivity index (χ1) is 6.57. The van der Waals surface area contributed by atoms with Crippen molar-refractivity contribution in [3.05, 3.63) is 0 Å². The van der Waals surface area contributed by atoms with Crippen molar-refractivity contribution in [3.63, 3.8) is 0 Å². The van der Waals surface area contributed by atoms with Crippen LogP contribution in [0.3, 0.4) is 0 Å². The first-order valence-electron chi connectivity index (χ1n) is 5.42. The Morgan fingerprint density at radius 1 is 1.50 bits per heavy atom. The highest BCUT2D eigenvalue weighted by Crippen LogP contribution is 2.47. The van der Waals surface area contributed by atoms with Crippen LogP contribution in [0.5, 0.6) is 0 Å². The predicted molar refractivity (Wildman–Crippen MR) is 52.6 cm³/mol. The molecule has 0 aromatic rings. The van der Waals surface area contributed by atoms with Gasteiger partial charge in [0.15, 0.2) is 0 Å². The minimum absolute atomic E-state index is 0.0706. The van der Waals surface area contributed by atoms with E-state index in [9.17, 15) is 9.18 Å². The molecule has 80 valence electrons. The van der Waals surface area contributed by atoms with Crippen LogP contribution in [0.25, 0.3) is 0 Å². The summed E-state index contributed by atoms with van der Waals surface area (Å²) in [5.74, 6) is 0.646. The van der Waals surface area contributed by atoms with E-state index in [-0.39, 0.29) is 23.9 Å². The highest BCUT2D eigenvalue weighted by molar-refractivity contribution is 5.85. The average Bonchev–Trinajstić information content (AvgIpc) is 2.79. The number of rotatable bonds is 2. The predicted octanol–water partition coefficient (Wildman–Crippen LogP) is 1.85. The van der Waals surface area contributed by atoms with Crippen LogP contribution in [0.15, 0.2) is 0 Å². The van der Waals surface area contributed by atoms with E-state index in [4.69, 9.17) is 0 Å². The first-order valence-corrected chi connectivity index (χ1v) is 5.42. The summed E-state index contributed by atoms with van der Waals surface area (Å²) < 4.78 is 12.6. The molecule has 2 fully saturated rings. The number of carbonyl (C=O) groups excluding carboxylic acids is 1. The van der Waals surface area contributed by atoms with Gasteiger partial charge in [-0.3, -0.25) is 9.18 Å². The van der Waals surface area contributed by atoms with Gasteiger partial charge in [0, 0.05) is 24.4 Å². The second-order valence-electron chi connectivity index (χ2n) is 5.16. The van der Waals surface area contributed by atoms with Gasteiger partial charge in [0.05, 0.1) is 6.67 Å². The van der Waals surface area contributed by atoms with Crippen molar-refractivity contribution in [3.8, 4) is 0 Å². The molecule has 1 aliphatic heterocycles. The van der Waals surface area contributed by atoms with E-state index in [0.29, 0.717) is 12.5 Å². The summed E-state index contributed by atoms with van der Waals surface area (Å²) >= 11 is 0. The van der Waals surface area contributed by atoms with E-state index in [1.165, 1.54) is 0 Å². The lowest BCUT2D eigenvalue weighted by atomic mass is 10.0. The minimum atomic E-state index is -0.290. The molecule has 2 atom stereocenters. The zero-order valence-corrected chi connectivity index (χ0v) is 8.92. The monoisotopic (exact) mass is 199 g/mol. The van der Waals surface area contributed by atoms with Crippen LogP contribution >= 0.6 is 0 Å². The fourth-order valence-corrected chi connectivity index (χ4v) is 2.18. The Kier molecular flexibility index (Phi) is 2.28. The standard InChI is InChI=1S/C11H18FNO/c1-8-6-13(7-9(8)5-12)10(14)11(2)3-4-11/h8-9H,3-7H2,1-2H3/t8-,9+/m1/s1. The maximum absolute atomic E-state index is 12.6. The van der Waals surface area contributed by atoms with Crippen molar-refractivity contribution in [2.75, 3.05) is 19.8 Å². The third-order valence-corrected chi connectivity index (χ3v) is 3.77. The summed E-state index contributed by atoms with van der Waals surface area (Å²) in [6.07, 6.45) is 2.02. The molecule has 0 aromatic heterocycles. The average molecular weight is 199 g/mol. The lowest BCUT2D eigenvalue weighted by Crippen LogP contribution is -2.34. The van der Waals surface area contributed by atoms with Crippen LogP contribution in [0.2, 0.25) is 0 Å². The number of nitrogens with zero attached hydrogens (tertiary/aromatic N) is 1. The molecule has 2 nitrogen and oxygen atoms in total. The number of hydrogen-bond donors (Lipinski definition) is 0. The minimum Gasteiger partial charge on any atom is -0.342 e. The van der Waals surface area contributed by atoms with E-state index in [2.05, 4.69) is 0 Å². The van der Waals surface area contributed by atoms with Gasteiger partial charge in [-0.25, -0.2) is 0 Å². The molecular weight excluding hydrogens is 181 g/mol. The summed E-state index contributed by atoms with van der Waals surface area (Å²) in [7, 11) is 0. The molecule has 1 amide bonds. The Hall–Kier alpha value is -0.600. The lowest BCUT2D eigenvalue weighted by molar-refractivity contribution is -0.135. The first kappa shape index (κ1) is 9.94. The Balaban J connectivity index is 1.97. The fraction of sp³-hybridized carbons (Fsp3) is 0.909. The van der Waals surface area contributed by atoms with Crippen LogP contribution in [-0.4, -0.2) is 30.6 Å². The largest absolute Gasteiger partial charge is 0.342 e. The van der Waals surface area contributed by atoms with E-state index >= 15 is 0 Å². The van der Waals surface area contributed by atoms with Crippen LogP contribution in [0.4, 0.5) is 4.39 Å². The molecule has 0 N–H and O–H groups in total. The molecule has 2 rings (SSSR count). The molecule has 1 aliphatic carbocycles. The van der Waals surface area contributed by atoms with Gasteiger partial charge in [-0.2, -0.15) is 0 Å². The second kappa shape index (κ2) is 3.21. The van der Waals surface area contributed by atoms with Gasteiger partial charge in [0.25, 0.3) is 0 Å². The van der Waals surface area contributed by atoms with Gasteiger partial charge in [0.2, 0.25) is 5.91 Å². The van der Waals surface area contributed by atoms with Gasteiger partial charge >= 0.3 is 0 Å². The van der Waals surface area contributed by atoms with Crippen LogP contribution in [0.1, 0.15) is 26.7 Å². The number of amides is 1. The quantitative estimate of drug-likeness (QED) is 0.664. The molecule has 0 aromatic carbocycles. The maximum Gasteiger partial charge on any atom is 0.228 e. The van der Waals surface area contributed by atoms with Crippen LogP contribution in [0, 0.1) is 17.3 Å². The molecule has 1 saturated carbocycles. The highest BCUT2D eigenvalue weighted by atomic mass is 19.1. The molecule has 14 heavy (non-hydrogen) atoms. The van der Waals surface area contributed by atoms with Gasteiger partial charge in [-0.1, -0.05) is 13.8 Å². The van der Waals surface area contributed by atoms with Crippen molar-refractivity contribution in [1.29, 1.82) is 0 Å². The Labute approximate surface area is 84.5 Å². The van der Waals surface area contributed by atoms with E-state index in [1.54, 1.807) is 0 Å². The molecule has 0 unspecified atom stereocenters. The molecule has 0 radical (unpaired) electrons. The zero-order chi connectivity index (χ0) is 10.3. The summed E-state index contributed by atoms with van der Waals surface area (Å²) in [5.41, 5.74) is -0.0923. The zero-order valence-electron chi connectivity index (χ0n) is 8.92. The molecule has 0 spiro atoms. The van der Waals surface area contributed by atoms with Crippen LogP contribution < -0.4 is 0 Å². The normalized spacial score (nSPS) is 34.6. The molecule has 0 bridgehead atoms. The SMILES string of the molecule is C[C@@H]1CN(C(=O)C2(C)CC2)C[C@@H]1CF. The van der Waals surface area contributed by atoms with Crippen LogP contribution in [-0.2, 0) is 4.79 Å². The molecule has 3 heteroatoms. The molecule has 2 aliphatic rings. The number of hydrogen-bond acceptors (Lipinski definition) is 1. The summed E-state index contributed by atoms with van der Waals surface area (Å²) in [5, 5.41) is 0. The fourth-order valence-electron chi connectivity index (χ4n) is 2.18. The second-order valence-corrected chi connectivity index (χ2v) is 5.16. The molecular formula is C11H18FNO. The van der Waals surface area contributed by atoms with E-state index in [1.807, 2.05) is 18.7 Å². The van der Waals surface area contributed by atoms with Crippen molar-refractivity contribution in [2.45, 2.75) is 26.7 Å². The number of carbonyl (C=O) groups is 1. The Morgan fingerprint density at radius 3 is 2.57 bits per heavy atom. The summed E-state index contributed by atoms with van der Waals surface area (Å²) in [6.45, 7) is 5.15. The Morgan fingerprint density at radius 2 is 2.14 bits per heavy atom. The van der Waals surface area contributed by atoms with Crippen molar-refractivity contribution in [1.82, 2.24) is 4.90 Å². The van der Waals surface area contributed by atoms with Gasteiger partial charge in [0.1, 0.15) is 0 Å². The topological polar surface area (TPSA) is 20.3 Å². The third-order valence-electron chi connectivity index (χ3n) is 3.77. The maximum atomic E-state index is 12.6. The summed E-state index contributed by atoms with van der Waals surface area (Å²) in [4.78, 5) is 13.8. The van der Waals surface area contributed by atoms with Gasteiger partial charge < -0.3 is 4.90 Å². The number of likely N-dealkylation sites (tertiary alicyclic amines) is 1. The molecule has 1 heterocycles. The highest BCUT2D eigenvalue weighted by Gasteiger charge is 2.49. The Bertz CT molecular complexity index is 250. The lowest BCUT2D eigenvalue weighted by Gasteiger charge is -2.20. The van der Waals surface area contributed by atoms with Crippen molar-refractivity contribution in [2.24, 2.45) is 17.3 Å². The van der Waals surface area contributed by atoms with Gasteiger partial charge in [-0.15, -0.1) is 0 Å². The van der Waals surface area contributed by atoms with Gasteiger partial charge in [-0.05, 0) is 18.8 Å². The van der Waals surface area contributed by atoms with Crippen molar-refractivity contribution >= 4 is 5.91 Å².